The number of hydrogen-bond donors (Lipinski definition) is 1. The van der Waals surface area contributed by atoms with E-state index in [1.54, 1.807) is 12.1 Å². The van der Waals surface area contributed by atoms with Crippen LogP contribution in [0.2, 0.25) is 25.1 Å². The third-order valence-corrected chi connectivity index (χ3v) is 8.45. The molecule has 2 saturated carbocycles. The van der Waals surface area contributed by atoms with Gasteiger partial charge in [0.05, 0.1) is 15.1 Å². The van der Waals surface area contributed by atoms with Crippen LogP contribution in [0.15, 0.2) is 16.5 Å². The van der Waals surface area contributed by atoms with Gasteiger partial charge in [0, 0.05) is 6.04 Å². The van der Waals surface area contributed by atoms with E-state index in [0.717, 1.165) is 11.8 Å². The Labute approximate surface area is 200 Å². The van der Waals surface area contributed by atoms with Gasteiger partial charge < -0.3 is 14.5 Å². The van der Waals surface area contributed by atoms with Crippen LogP contribution < -0.4 is 10.1 Å². The standard InChI is InChI=1S/C21H20Cl5NO3/c1-9(13-7-10-2-3-11(13)6-10)27-21(28)14-5-4-12(30-14)8-29-20-18(25)16(23)15(22)17(24)19(20)26/h4-5,9-11,13H,2-3,6-8H2,1H3,(H,27,28). The first-order chi connectivity index (χ1) is 14.3. The van der Waals surface area contributed by atoms with Crippen molar-refractivity contribution in [2.24, 2.45) is 17.8 Å². The lowest BCUT2D eigenvalue weighted by atomic mass is 9.84. The van der Waals surface area contributed by atoms with E-state index in [-0.39, 0.29) is 55.2 Å². The molecule has 1 aromatic carbocycles. The van der Waals surface area contributed by atoms with Crippen LogP contribution in [0.25, 0.3) is 0 Å². The molecule has 162 valence electrons. The second kappa shape index (κ2) is 8.99. The number of benzene rings is 1. The van der Waals surface area contributed by atoms with Crippen LogP contribution in [0.5, 0.6) is 5.75 Å². The molecule has 1 amide bonds. The number of rotatable bonds is 6. The molecule has 2 bridgehead atoms. The second-order valence-corrected chi connectivity index (χ2v) is 9.94. The molecule has 0 saturated heterocycles. The topological polar surface area (TPSA) is 51.5 Å². The van der Waals surface area contributed by atoms with Gasteiger partial charge in [-0.05, 0) is 56.1 Å². The second-order valence-electron chi connectivity index (χ2n) is 8.05. The Morgan fingerprint density at radius 3 is 2.33 bits per heavy atom. The SMILES string of the molecule is CC(NC(=O)c1ccc(COc2c(Cl)c(Cl)c(Cl)c(Cl)c2Cl)o1)C1CC2CCC1C2. The fourth-order valence-electron chi connectivity index (χ4n) is 4.72. The number of nitrogens with one attached hydrogen (secondary N) is 1. The lowest BCUT2D eigenvalue weighted by Gasteiger charge is -2.28. The number of hydrogen-bond acceptors (Lipinski definition) is 3. The van der Waals surface area contributed by atoms with Crippen LogP contribution in [0.1, 0.15) is 48.9 Å². The van der Waals surface area contributed by atoms with E-state index in [9.17, 15) is 4.79 Å². The van der Waals surface area contributed by atoms with Crippen molar-refractivity contribution in [3.05, 3.63) is 48.8 Å². The molecule has 30 heavy (non-hydrogen) atoms. The van der Waals surface area contributed by atoms with Gasteiger partial charge >= 0.3 is 0 Å². The van der Waals surface area contributed by atoms with Crippen molar-refractivity contribution in [3.63, 3.8) is 0 Å². The number of carbonyl (C=O) groups is 1. The monoisotopic (exact) mass is 509 g/mol. The van der Waals surface area contributed by atoms with E-state index >= 15 is 0 Å². The first-order valence-corrected chi connectivity index (χ1v) is 11.7. The molecule has 2 fully saturated rings. The lowest BCUT2D eigenvalue weighted by Crippen LogP contribution is -2.40. The molecule has 0 spiro atoms. The number of carbonyl (C=O) groups excluding carboxylic acids is 1. The minimum Gasteiger partial charge on any atom is -0.482 e. The molecular formula is C21H20Cl5NO3. The Kier molecular flexibility index (Phi) is 6.72. The van der Waals surface area contributed by atoms with Gasteiger partial charge in [-0.15, -0.1) is 0 Å². The quantitative estimate of drug-likeness (QED) is 0.320. The van der Waals surface area contributed by atoms with E-state index in [4.69, 9.17) is 67.2 Å². The predicted octanol–water partition coefficient (Wildman–Crippen LogP) is 7.68. The maximum Gasteiger partial charge on any atom is 0.287 e. The van der Waals surface area contributed by atoms with E-state index in [1.165, 1.54) is 25.7 Å². The molecule has 2 aliphatic rings. The van der Waals surface area contributed by atoms with Gasteiger partial charge in [-0.25, -0.2) is 0 Å². The van der Waals surface area contributed by atoms with Gasteiger partial charge in [-0.1, -0.05) is 64.4 Å². The molecule has 1 N–H and O–H groups in total. The summed E-state index contributed by atoms with van der Waals surface area (Å²) in [5.74, 6) is 2.65. The number of fused-ring (bicyclic) bond motifs is 2. The molecule has 4 atom stereocenters. The van der Waals surface area contributed by atoms with Crippen molar-refractivity contribution in [1.29, 1.82) is 0 Å². The van der Waals surface area contributed by atoms with Crippen molar-refractivity contribution in [2.75, 3.05) is 0 Å². The van der Waals surface area contributed by atoms with Crippen LogP contribution in [0, 0.1) is 17.8 Å². The largest absolute Gasteiger partial charge is 0.482 e. The zero-order valence-electron chi connectivity index (χ0n) is 16.1. The lowest BCUT2D eigenvalue weighted by molar-refractivity contribution is 0.0883. The van der Waals surface area contributed by atoms with Crippen molar-refractivity contribution in [3.8, 4) is 5.75 Å². The van der Waals surface area contributed by atoms with Crippen LogP contribution in [-0.4, -0.2) is 11.9 Å². The third-order valence-electron chi connectivity index (χ3n) is 6.21. The van der Waals surface area contributed by atoms with Crippen molar-refractivity contribution in [2.45, 2.75) is 45.3 Å². The van der Waals surface area contributed by atoms with E-state index in [1.807, 2.05) is 0 Å². The summed E-state index contributed by atoms with van der Waals surface area (Å²) in [6.45, 7) is 2.07. The highest BCUT2D eigenvalue weighted by molar-refractivity contribution is 6.55. The number of amides is 1. The van der Waals surface area contributed by atoms with E-state index < -0.39 is 0 Å². The molecule has 9 heteroatoms. The van der Waals surface area contributed by atoms with Gasteiger partial charge in [0.1, 0.15) is 22.4 Å². The zero-order chi connectivity index (χ0) is 21.6. The highest BCUT2D eigenvalue weighted by Crippen LogP contribution is 2.50. The third kappa shape index (κ3) is 4.27. The van der Waals surface area contributed by atoms with E-state index in [2.05, 4.69) is 12.2 Å². The summed E-state index contributed by atoms with van der Waals surface area (Å²) in [4.78, 5) is 12.6. The van der Waals surface area contributed by atoms with Crippen LogP contribution >= 0.6 is 58.0 Å². The van der Waals surface area contributed by atoms with Crippen molar-refractivity contribution < 1.29 is 13.9 Å². The summed E-state index contributed by atoms with van der Waals surface area (Å²) < 4.78 is 11.3. The molecular weight excluding hydrogens is 492 g/mol. The number of furan rings is 1. The molecule has 2 aliphatic carbocycles. The van der Waals surface area contributed by atoms with Gasteiger partial charge in [0.2, 0.25) is 0 Å². The van der Waals surface area contributed by atoms with Crippen molar-refractivity contribution in [1.82, 2.24) is 5.32 Å². The molecule has 0 aliphatic heterocycles. The average molecular weight is 512 g/mol. The normalized spacial score (nSPS) is 23.6. The molecule has 2 aromatic rings. The summed E-state index contributed by atoms with van der Waals surface area (Å²) in [7, 11) is 0. The Hall–Kier alpha value is -0.780. The maximum absolute atomic E-state index is 12.6. The van der Waals surface area contributed by atoms with E-state index in [0.29, 0.717) is 11.7 Å². The molecule has 4 unspecified atom stereocenters. The van der Waals surface area contributed by atoms with Crippen LogP contribution in [-0.2, 0) is 6.61 Å². The van der Waals surface area contributed by atoms with Gasteiger partial charge in [0.15, 0.2) is 11.5 Å². The smallest absolute Gasteiger partial charge is 0.287 e. The molecule has 4 rings (SSSR count). The minimum absolute atomic E-state index is 0.0110. The molecule has 4 nitrogen and oxygen atoms in total. The average Bonchev–Trinajstić information content (AvgIpc) is 3.47. The fraction of sp³-hybridized carbons (Fsp3) is 0.476. The van der Waals surface area contributed by atoms with Gasteiger partial charge in [-0.2, -0.15) is 0 Å². The Morgan fingerprint density at radius 1 is 1.07 bits per heavy atom. The highest BCUT2D eigenvalue weighted by atomic mass is 35.5. The Bertz CT molecular complexity index is 947. The molecule has 1 heterocycles. The predicted molar refractivity (Wildman–Crippen MR) is 120 cm³/mol. The minimum atomic E-state index is -0.231. The fourth-order valence-corrected chi connectivity index (χ4v) is 5.95. The maximum atomic E-state index is 12.6. The summed E-state index contributed by atoms with van der Waals surface area (Å²) in [6, 6.07) is 3.40. The highest BCUT2D eigenvalue weighted by Gasteiger charge is 2.42. The van der Waals surface area contributed by atoms with Crippen molar-refractivity contribution >= 4 is 63.9 Å². The first-order valence-electron chi connectivity index (χ1n) is 9.80. The molecule has 0 radical (unpaired) electrons. The zero-order valence-corrected chi connectivity index (χ0v) is 19.9. The van der Waals surface area contributed by atoms with Gasteiger partial charge in [-0.3, -0.25) is 4.79 Å². The Balaban J connectivity index is 1.38. The molecule has 1 aromatic heterocycles. The number of ether oxygens (including phenoxy) is 1. The summed E-state index contributed by atoms with van der Waals surface area (Å²) in [5.41, 5.74) is 0. The number of halogens is 5. The summed E-state index contributed by atoms with van der Waals surface area (Å²) in [5, 5.41) is 3.36. The Morgan fingerprint density at radius 2 is 1.73 bits per heavy atom. The van der Waals surface area contributed by atoms with Gasteiger partial charge in [0.25, 0.3) is 5.91 Å². The summed E-state index contributed by atoms with van der Waals surface area (Å²) >= 11 is 30.4. The summed E-state index contributed by atoms with van der Waals surface area (Å²) in [6.07, 6.45) is 5.12. The first kappa shape index (κ1) is 22.4. The van der Waals surface area contributed by atoms with Crippen LogP contribution in [0.3, 0.4) is 0 Å². The van der Waals surface area contributed by atoms with Crippen LogP contribution in [0.4, 0.5) is 0 Å².